The van der Waals surface area contributed by atoms with E-state index in [4.69, 9.17) is 4.74 Å². The second-order valence-corrected chi connectivity index (χ2v) is 7.14. The number of nitrogens with zero attached hydrogens (tertiary/aromatic N) is 1. The number of ether oxygens (including phenoxy) is 1. The zero-order valence-electron chi connectivity index (χ0n) is 13.8. The Bertz CT molecular complexity index is 526. The van der Waals surface area contributed by atoms with Gasteiger partial charge in [0, 0.05) is 19.0 Å². The van der Waals surface area contributed by atoms with Crippen LogP contribution in [0.4, 0.5) is 0 Å². The summed E-state index contributed by atoms with van der Waals surface area (Å²) >= 11 is 0. The van der Waals surface area contributed by atoms with Gasteiger partial charge in [-0.3, -0.25) is 4.90 Å². The molecule has 0 saturated carbocycles. The van der Waals surface area contributed by atoms with Crippen LogP contribution in [0.3, 0.4) is 0 Å². The number of carbonyl (C=O) groups excluding carboxylic acids is 1. The van der Waals surface area contributed by atoms with Gasteiger partial charge < -0.3 is 9.53 Å². The molecule has 1 saturated heterocycles. The molecule has 22 heavy (non-hydrogen) atoms. The molecule has 3 heteroatoms. The quantitative estimate of drug-likeness (QED) is 0.754. The van der Waals surface area contributed by atoms with Gasteiger partial charge in [-0.1, -0.05) is 26.0 Å². The van der Waals surface area contributed by atoms with Gasteiger partial charge in [0.1, 0.15) is 12.0 Å². The molecule has 1 aromatic rings. The summed E-state index contributed by atoms with van der Waals surface area (Å²) in [7, 11) is 0. The highest BCUT2D eigenvalue weighted by molar-refractivity contribution is 5.52. The highest BCUT2D eigenvalue weighted by Gasteiger charge is 2.32. The molecule has 1 aromatic carbocycles. The molecule has 0 radical (unpaired) electrons. The molecule has 2 aliphatic rings. The van der Waals surface area contributed by atoms with E-state index >= 15 is 0 Å². The van der Waals surface area contributed by atoms with E-state index in [9.17, 15) is 4.79 Å². The Morgan fingerprint density at radius 1 is 1.41 bits per heavy atom. The van der Waals surface area contributed by atoms with Crippen molar-refractivity contribution in [3.05, 3.63) is 29.3 Å². The fourth-order valence-electron chi connectivity index (χ4n) is 3.83. The van der Waals surface area contributed by atoms with E-state index in [0.29, 0.717) is 18.5 Å². The zero-order chi connectivity index (χ0) is 15.5. The van der Waals surface area contributed by atoms with Crippen molar-refractivity contribution in [1.82, 2.24) is 4.90 Å². The van der Waals surface area contributed by atoms with Crippen LogP contribution in [0, 0.1) is 5.92 Å². The third-order valence-electron chi connectivity index (χ3n) is 5.10. The Hall–Kier alpha value is -1.35. The largest absolute Gasteiger partial charge is 0.493 e. The van der Waals surface area contributed by atoms with E-state index in [1.807, 2.05) is 0 Å². The minimum Gasteiger partial charge on any atom is -0.493 e. The van der Waals surface area contributed by atoms with E-state index in [1.165, 1.54) is 30.4 Å². The second kappa shape index (κ2) is 6.82. The minimum atomic E-state index is 0.558. The number of hydrogen-bond acceptors (Lipinski definition) is 3. The third kappa shape index (κ3) is 3.35. The van der Waals surface area contributed by atoms with Gasteiger partial charge in [-0.2, -0.15) is 0 Å². The molecule has 2 heterocycles. The maximum atomic E-state index is 11.0. The number of carbonyl (C=O) groups is 1. The van der Waals surface area contributed by atoms with Crippen LogP contribution >= 0.6 is 0 Å². The number of fused-ring (bicyclic) bond motifs is 1. The van der Waals surface area contributed by atoms with E-state index in [-0.39, 0.29) is 0 Å². The van der Waals surface area contributed by atoms with Crippen LogP contribution in [-0.4, -0.2) is 36.9 Å². The molecule has 3 rings (SSSR count). The molecule has 0 aromatic heterocycles. The van der Waals surface area contributed by atoms with Crippen LogP contribution in [0.1, 0.15) is 50.2 Å². The number of benzene rings is 1. The van der Waals surface area contributed by atoms with Crippen molar-refractivity contribution in [3.63, 3.8) is 0 Å². The summed E-state index contributed by atoms with van der Waals surface area (Å²) in [5, 5.41) is 0. The first-order valence-electron chi connectivity index (χ1n) is 8.60. The van der Waals surface area contributed by atoms with Crippen molar-refractivity contribution in [2.24, 2.45) is 5.92 Å². The predicted molar refractivity (Wildman–Crippen MR) is 88.5 cm³/mol. The lowest BCUT2D eigenvalue weighted by Gasteiger charge is -2.22. The maximum absolute atomic E-state index is 11.0. The lowest BCUT2D eigenvalue weighted by molar-refractivity contribution is -0.109. The van der Waals surface area contributed by atoms with Gasteiger partial charge in [0.25, 0.3) is 0 Å². The topological polar surface area (TPSA) is 29.5 Å². The van der Waals surface area contributed by atoms with Crippen molar-refractivity contribution in [2.45, 2.75) is 51.5 Å². The Balaban J connectivity index is 1.70. The van der Waals surface area contributed by atoms with Crippen molar-refractivity contribution in [2.75, 3.05) is 19.7 Å². The zero-order valence-corrected chi connectivity index (χ0v) is 13.8. The van der Waals surface area contributed by atoms with E-state index < -0.39 is 0 Å². The maximum Gasteiger partial charge on any atom is 0.133 e. The fraction of sp³-hybridized carbons (Fsp3) is 0.632. The summed E-state index contributed by atoms with van der Waals surface area (Å²) in [5.41, 5.74) is 2.78. The van der Waals surface area contributed by atoms with Gasteiger partial charge in [0.05, 0.1) is 13.2 Å². The monoisotopic (exact) mass is 301 g/mol. The van der Waals surface area contributed by atoms with Crippen molar-refractivity contribution in [1.29, 1.82) is 0 Å². The third-order valence-corrected chi connectivity index (χ3v) is 5.10. The molecule has 2 atom stereocenters. The fourth-order valence-corrected chi connectivity index (χ4v) is 3.83. The minimum absolute atomic E-state index is 0.558. The van der Waals surface area contributed by atoms with E-state index in [0.717, 1.165) is 37.5 Å². The average molecular weight is 301 g/mol. The first-order valence-corrected chi connectivity index (χ1v) is 8.60. The molecular weight excluding hydrogens is 274 g/mol. The second-order valence-electron chi connectivity index (χ2n) is 7.14. The number of likely N-dealkylation sites (tertiary alicyclic amines) is 1. The molecule has 0 aliphatic carbocycles. The average Bonchev–Trinajstić information content (AvgIpc) is 3.11. The Morgan fingerprint density at radius 2 is 2.27 bits per heavy atom. The number of rotatable bonds is 6. The first kappa shape index (κ1) is 15.5. The van der Waals surface area contributed by atoms with Crippen LogP contribution in [0.15, 0.2) is 18.2 Å². The predicted octanol–water partition coefficient (Wildman–Crippen LogP) is 3.41. The van der Waals surface area contributed by atoms with Crippen LogP contribution in [0.5, 0.6) is 5.75 Å². The van der Waals surface area contributed by atoms with Crippen LogP contribution in [-0.2, 0) is 11.2 Å². The van der Waals surface area contributed by atoms with Crippen molar-refractivity contribution in [3.8, 4) is 5.75 Å². The first-order chi connectivity index (χ1) is 10.7. The van der Waals surface area contributed by atoms with Gasteiger partial charge >= 0.3 is 0 Å². The van der Waals surface area contributed by atoms with Gasteiger partial charge in [-0.15, -0.1) is 0 Å². The van der Waals surface area contributed by atoms with Gasteiger partial charge in [0.15, 0.2) is 0 Å². The molecule has 120 valence electrons. The molecule has 2 unspecified atom stereocenters. The summed E-state index contributed by atoms with van der Waals surface area (Å²) in [4.78, 5) is 13.4. The van der Waals surface area contributed by atoms with Crippen molar-refractivity contribution < 1.29 is 9.53 Å². The summed E-state index contributed by atoms with van der Waals surface area (Å²) in [5.74, 6) is 2.35. The Morgan fingerprint density at radius 3 is 3.05 bits per heavy atom. The van der Waals surface area contributed by atoms with Crippen molar-refractivity contribution >= 4 is 6.29 Å². The molecule has 2 aliphatic heterocycles. The number of hydrogen-bond donors (Lipinski definition) is 0. The highest BCUT2D eigenvalue weighted by atomic mass is 16.5. The summed E-state index contributed by atoms with van der Waals surface area (Å²) < 4.78 is 5.61. The van der Waals surface area contributed by atoms with Crippen LogP contribution in [0.25, 0.3) is 0 Å². The lowest BCUT2D eigenvalue weighted by atomic mass is 9.92. The van der Waals surface area contributed by atoms with E-state index in [1.54, 1.807) is 0 Å². The molecule has 0 amide bonds. The standard InChI is InChI=1S/C19H27NO2/c1-14(2)3-5-18-12-17(13-20(18)8-9-21)15-4-6-19-16(11-15)7-10-22-19/h4,6,9,11,14,17-18H,3,5,7-8,10,12-13H2,1-2H3. The molecular formula is C19H27NO2. The SMILES string of the molecule is CC(C)CCC1CC(c2ccc3c(c2)CCO3)CN1CC=O. The van der Waals surface area contributed by atoms with E-state index in [2.05, 4.69) is 36.9 Å². The summed E-state index contributed by atoms with van der Waals surface area (Å²) in [6, 6.07) is 7.24. The molecule has 0 N–H and O–H groups in total. The van der Waals surface area contributed by atoms with Gasteiger partial charge in [-0.05, 0) is 48.3 Å². The molecule has 0 bridgehead atoms. The Labute approximate surface area is 133 Å². The summed E-state index contributed by atoms with van der Waals surface area (Å²) in [6.45, 7) is 6.96. The molecule has 3 nitrogen and oxygen atoms in total. The van der Waals surface area contributed by atoms with Gasteiger partial charge in [0.2, 0.25) is 0 Å². The summed E-state index contributed by atoms with van der Waals surface area (Å²) in [6.07, 6.45) is 5.72. The van der Waals surface area contributed by atoms with Crippen LogP contribution in [0.2, 0.25) is 0 Å². The normalized spacial score (nSPS) is 24.5. The Kier molecular flexibility index (Phi) is 4.82. The van der Waals surface area contributed by atoms with Crippen LogP contribution < -0.4 is 4.74 Å². The molecule has 1 fully saturated rings. The molecule has 0 spiro atoms. The number of aldehydes is 1. The lowest BCUT2D eigenvalue weighted by Crippen LogP contribution is -2.31. The smallest absolute Gasteiger partial charge is 0.133 e. The van der Waals surface area contributed by atoms with Gasteiger partial charge in [-0.25, -0.2) is 0 Å². The highest BCUT2D eigenvalue weighted by Crippen LogP contribution is 2.36.